The van der Waals surface area contributed by atoms with Crippen molar-refractivity contribution in [3.05, 3.63) is 71.3 Å². The van der Waals surface area contributed by atoms with Crippen LogP contribution >= 0.6 is 0 Å². The molecule has 0 saturated carbocycles. The molecule has 2 unspecified atom stereocenters. The molecule has 2 aromatic carbocycles. The molecule has 4 nitrogen and oxygen atoms in total. The zero-order valence-corrected chi connectivity index (χ0v) is 20.1. The topological polar surface area (TPSA) is 49.8 Å². The highest BCUT2D eigenvalue weighted by Gasteiger charge is 2.40. The number of piperidine rings is 1. The number of β-amino-alcohol motifs (C(OH)–C–C–N with tert-alkyl or cyclic N) is 1. The minimum absolute atomic E-state index is 0.287. The van der Waals surface area contributed by atoms with Crippen molar-refractivity contribution in [3.8, 4) is 0 Å². The molecular formula is C26H34F2N2O2S. The van der Waals surface area contributed by atoms with Gasteiger partial charge in [0.05, 0.1) is 6.10 Å². The summed E-state index contributed by atoms with van der Waals surface area (Å²) in [6.45, 7) is 7.46. The number of aliphatic hydroxyl groups is 1. The van der Waals surface area contributed by atoms with Gasteiger partial charge in [0.1, 0.15) is 17.4 Å². The Labute approximate surface area is 198 Å². The first-order valence-corrected chi connectivity index (χ1v) is 13.2. The lowest BCUT2D eigenvalue weighted by Crippen LogP contribution is -2.43. The molecule has 0 amide bonds. The molecule has 33 heavy (non-hydrogen) atoms. The van der Waals surface area contributed by atoms with Crippen molar-refractivity contribution in [2.75, 3.05) is 45.0 Å². The van der Waals surface area contributed by atoms with Gasteiger partial charge in [0.15, 0.2) is 5.25 Å². The van der Waals surface area contributed by atoms with Crippen LogP contribution in [0, 0.1) is 17.0 Å². The minimum Gasteiger partial charge on any atom is -0.616 e. The number of hydrogen-bond acceptors (Lipinski definition) is 4. The minimum atomic E-state index is -1.22. The van der Waals surface area contributed by atoms with Gasteiger partial charge < -0.3 is 14.6 Å². The summed E-state index contributed by atoms with van der Waals surface area (Å²) in [4.78, 5) is 4.78. The molecule has 1 N–H and O–H groups in total. The highest BCUT2D eigenvalue weighted by atomic mass is 32.2. The SMILES string of the molecule is CC(O)CN1CCC2(CCN(CC[S+]([O-])C(c3ccc(F)cc3)c3ccc(F)cc3)CC2)C1. The van der Waals surface area contributed by atoms with Gasteiger partial charge in [-0.15, -0.1) is 0 Å². The zero-order chi connectivity index (χ0) is 23.4. The fourth-order valence-corrected chi connectivity index (χ4v) is 6.92. The molecule has 7 heteroatoms. The molecule has 2 aliphatic heterocycles. The lowest BCUT2D eigenvalue weighted by Gasteiger charge is -2.39. The van der Waals surface area contributed by atoms with Gasteiger partial charge in [-0.1, -0.05) is 24.3 Å². The average Bonchev–Trinajstić information content (AvgIpc) is 3.17. The van der Waals surface area contributed by atoms with Gasteiger partial charge in [0.2, 0.25) is 0 Å². The molecule has 2 atom stereocenters. The van der Waals surface area contributed by atoms with E-state index in [1.165, 1.54) is 30.7 Å². The van der Waals surface area contributed by atoms with E-state index < -0.39 is 16.4 Å². The Balaban J connectivity index is 1.35. The lowest BCUT2D eigenvalue weighted by atomic mass is 9.78. The second-order valence-corrected chi connectivity index (χ2v) is 11.4. The van der Waals surface area contributed by atoms with Crippen LogP contribution in [-0.2, 0) is 11.2 Å². The Hall–Kier alpha value is -1.51. The largest absolute Gasteiger partial charge is 0.616 e. The van der Waals surface area contributed by atoms with Gasteiger partial charge in [-0.2, -0.15) is 0 Å². The summed E-state index contributed by atoms with van der Waals surface area (Å²) >= 11 is -1.22. The number of nitrogens with zero attached hydrogens (tertiary/aromatic N) is 2. The zero-order valence-electron chi connectivity index (χ0n) is 19.3. The first-order chi connectivity index (χ1) is 15.8. The van der Waals surface area contributed by atoms with Gasteiger partial charge >= 0.3 is 0 Å². The quantitative estimate of drug-likeness (QED) is 0.586. The van der Waals surface area contributed by atoms with Crippen molar-refractivity contribution in [1.29, 1.82) is 0 Å². The maximum Gasteiger partial charge on any atom is 0.165 e. The predicted octanol–water partition coefficient (Wildman–Crippen LogP) is 3.97. The predicted molar refractivity (Wildman–Crippen MR) is 128 cm³/mol. The maximum atomic E-state index is 13.5. The Morgan fingerprint density at radius 1 is 0.909 bits per heavy atom. The van der Waals surface area contributed by atoms with Crippen molar-refractivity contribution in [1.82, 2.24) is 9.80 Å². The van der Waals surface area contributed by atoms with Crippen LogP contribution in [0.25, 0.3) is 0 Å². The van der Waals surface area contributed by atoms with Crippen LogP contribution in [0.5, 0.6) is 0 Å². The molecule has 4 rings (SSSR count). The summed E-state index contributed by atoms with van der Waals surface area (Å²) in [6, 6.07) is 12.2. The fourth-order valence-electron chi connectivity index (χ4n) is 5.32. The summed E-state index contributed by atoms with van der Waals surface area (Å²) in [5, 5.41) is 9.27. The molecule has 0 bridgehead atoms. The van der Waals surface area contributed by atoms with Crippen LogP contribution in [0.4, 0.5) is 8.78 Å². The molecule has 0 radical (unpaired) electrons. The van der Waals surface area contributed by atoms with E-state index >= 15 is 0 Å². The van der Waals surface area contributed by atoms with Crippen LogP contribution in [-0.4, -0.2) is 70.6 Å². The van der Waals surface area contributed by atoms with E-state index in [0.717, 1.165) is 63.2 Å². The average molecular weight is 477 g/mol. The highest BCUT2D eigenvalue weighted by molar-refractivity contribution is 7.91. The van der Waals surface area contributed by atoms with Crippen LogP contribution in [0.2, 0.25) is 0 Å². The van der Waals surface area contributed by atoms with E-state index in [2.05, 4.69) is 9.80 Å². The van der Waals surface area contributed by atoms with Crippen molar-refractivity contribution < 1.29 is 18.4 Å². The molecule has 2 aliphatic rings. The van der Waals surface area contributed by atoms with Crippen LogP contribution in [0.15, 0.2) is 48.5 Å². The fraction of sp³-hybridized carbons (Fsp3) is 0.538. The van der Waals surface area contributed by atoms with Crippen molar-refractivity contribution >= 4 is 11.2 Å². The Kier molecular flexibility index (Phi) is 8.07. The van der Waals surface area contributed by atoms with Gasteiger partial charge in [-0.05, 0) is 86.7 Å². The van der Waals surface area contributed by atoms with E-state index in [1.807, 2.05) is 6.92 Å². The smallest absolute Gasteiger partial charge is 0.165 e. The first kappa shape index (κ1) is 24.6. The van der Waals surface area contributed by atoms with Crippen LogP contribution in [0.1, 0.15) is 42.6 Å². The molecule has 0 aliphatic carbocycles. The second-order valence-electron chi connectivity index (χ2n) is 9.74. The number of benzene rings is 2. The first-order valence-electron chi connectivity index (χ1n) is 11.8. The third-order valence-corrected chi connectivity index (χ3v) is 8.83. The van der Waals surface area contributed by atoms with Crippen molar-refractivity contribution in [3.63, 3.8) is 0 Å². The van der Waals surface area contributed by atoms with E-state index in [9.17, 15) is 18.4 Å². The summed E-state index contributed by atoms with van der Waals surface area (Å²) in [5.74, 6) is -0.146. The summed E-state index contributed by atoms with van der Waals surface area (Å²) < 4.78 is 40.3. The number of likely N-dealkylation sites (tertiary alicyclic amines) is 2. The molecule has 2 heterocycles. The molecule has 2 fully saturated rings. The second kappa shape index (κ2) is 10.8. The molecule has 1 spiro atoms. The van der Waals surface area contributed by atoms with Crippen molar-refractivity contribution in [2.24, 2.45) is 5.41 Å². The van der Waals surface area contributed by atoms with Gasteiger partial charge in [0, 0.05) is 30.8 Å². The van der Waals surface area contributed by atoms with Gasteiger partial charge in [-0.3, -0.25) is 4.90 Å². The summed E-state index contributed by atoms with van der Waals surface area (Å²) in [5.41, 5.74) is 1.92. The van der Waals surface area contributed by atoms with E-state index in [0.29, 0.717) is 11.2 Å². The third kappa shape index (κ3) is 6.34. The van der Waals surface area contributed by atoms with E-state index in [1.54, 1.807) is 24.3 Å². The van der Waals surface area contributed by atoms with Gasteiger partial charge in [-0.25, -0.2) is 8.78 Å². The Morgan fingerprint density at radius 2 is 1.39 bits per heavy atom. The number of rotatable bonds is 8. The molecule has 0 aromatic heterocycles. The Bertz CT molecular complexity index is 841. The third-order valence-electron chi connectivity index (χ3n) is 7.17. The molecule has 2 saturated heterocycles. The summed E-state index contributed by atoms with van der Waals surface area (Å²) in [6.07, 6.45) is 3.17. The number of halogens is 2. The molecule has 2 aromatic rings. The van der Waals surface area contributed by atoms with E-state index in [-0.39, 0.29) is 17.7 Å². The Morgan fingerprint density at radius 3 is 1.88 bits per heavy atom. The maximum absolute atomic E-state index is 13.5. The van der Waals surface area contributed by atoms with Crippen LogP contribution in [0.3, 0.4) is 0 Å². The highest BCUT2D eigenvalue weighted by Crippen LogP contribution is 2.40. The van der Waals surface area contributed by atoms with Gasteiger partial charge in [0.25, 0.3) is 0 Å². The monoisotopic (exact) mass is 476 g/mol. The lowest BCUT2D eigenvalue weighted by molar-refractivity contribution is 0.0965. The molecular weight excluding hydrogens is 442 g/mol. The number of hydrogen-bond donors (Lipinski definition) is 1. The van der Waals surface area contributed by atoms with Crippen molar-refractivity contribution in [2.45, 2.75) is 37.5 Å². The number of aliphatic hydroxyl groups excluding tert-OH is 1. The molecule has 180 valence electrons. The summed E-state index contributed by atoms with van der Waals surface area (Å²) in [7, 11) is 0. The standard InChI is InChI=1S/C26H34F2N2O2S/c1-20(31)18-30-15-12-26(19-30)10-13-29(14-11-26)16-17-33(32)25(21-2-6-23(27)7-3-21)22-4-8-24(28)9-5-22/h2-9,20,25,31H,10-19H2,1H3. The van der Waals surface area contributed by atoms with Crippen LogP contribution < -0.4 is 0 Å². The normalized spacial score (nSPS) is 21.0. The van der Waals surface area contributed by atoms with E-state index in [4.69, 9.17) is 0 Å².